The van der Waals surface area contributed by atoms with E-state index in [2.05, 4.69) is 34.3 Å². The number of para-hydroxylation sites is 1. The van der Waals surface area contributed by atoms with Gasteiger partial charge in [-0.2, -0.15) is 0 Å². The van der Waals surface area contributed by atoms with Crippen LogP contribution in [0.25, 0.3) is 22.4 Å². The lowest BCUT2D eigenvalue weighted by molar-refractivity contribution is 0.211. The van der Waals surface area contributed by atoms with Crippen molar-refractivity contribution in [1.29, 1.82) is 0 Å². The van der Waals surface area contributed by atoms with Gasteiger partial charge in [0.25, 0.3) is 0 Å². The van der Waals surface area contributed by atoms with Crippen LogP contribution in [0.4, 0.5) is 4.79 Å². The molecule has 6 nitrogen and oxygen atoms in total. The number of fused-ring (bicyclic) bond motifs is 1. The molecule has 0 atom stereocenters. The number of imidazole rings is 1. The number of carbonyl (C=O) groups excluding carboxylic acids is 1. The Hall–Kier alpha value is -2.86. The summed E-state index contributed by atoms with van der Waals surface area (Å²) in [6.45, 7) is 3.95. The number of carbonyl (C=O) groups is 1. The Morgan fingerprint density at radius 2 is 2.12 bits per heavy atom. The average molecular weight is 324 g/mol. The summed E-state index contributed by atoms with van der Waals surface area (Å²) in [6, 6.07) is 13.5. The Balaban J connectivity index is 1.92. The van der Waals surface area contributed by atoms with Crippen LogP contribution in [0.2, 0.25) is 0 Å². The average Bonchev–Trinajstić information content (AvgIpc) is 3.00. The van der Waals surface area contributed by atoms with E-state index in [0.29, 0.717) is 11.3 Å². The van der Waals surface area contributed by atoms with Gasteiger partial charge in [-0.05, 0) is 36.7 Å². The van der Waals surface area contributed by atoms with Crippen LogP contribution in [0.3, 0.4) is 0 Å². The predicted molar refractivity (Wildman–Crippen MR) is 93.7 cm³/mol. The number of aromatic amines is 1. The zero-order valence-corrected chi connectivity index (χ0v) is 13.5. The third-order valence-corrected chi connectivity index (χ3v) is 3.64. The second-order valence-electron chi connectivity index (χ2n) is 5.54. The minimum absolute atomic E-state index is 0.350. The van der Waals surface area contributed by atoms with Crippen molar-refractivity contribution >= 4 is 17.1 Å². The predicted octanol–water partition coefficient (Wildman–Crippen LogP) is 3.19. The van der Waals surface area contributed by atoms with Gasteiger partial charge in [0.05, 0.1) is 5.52 Å². The molecule has 3 aromatic rings. The number of hydrogen-bond acceptors (Lipinski definition) is 4. The summed E-state index contributed by atoms with van der Waals surface area (Å²) in [4.78, 5) is 18.8. The molecule has 1 amide bonds. The first-order valence-electron chi connectivity index (χ1n) is 7.93. The molecule has 0 aliphatic rings. The van der Waals surface area contributed by atoms with Crippen LogP contribution < -0.4 is 15.8 Å². The maximum Gasteiger partial charge on any atom is 0.410 e. The van der Waals surface area contributed by atoms with Crippen LogP contribution >= 0.6 is 0 Å². The molecule has 4 N–H and O–H groups in total. The third-order valence-electron chi connectivity index (χ3n) is 3.64. The van der Waals surface area contributed by atoms with E-state index in [9.17, 15) is 4.79 Å². The molecular formula is C18H20N4O2. The van der Waals surface area contributed by atoms with Crippen molar-refractivity contribution in [3.8, 4) is 17.1 Å². The fraction of sp³-hybridized carbons (Fsp3) is 0.222. The first kappa shape index (κ1) is 16.0. The molecular weight excluding hydrogens is 304 g/mol. The molecule has 124 valence electrons. The van der Waals surface area contributed by atoms with Crippen LogP contribution in [-0.4, -0.2) is 22.6 Å². The maximum atomic E-state index is 11.0. The summed E-state index contributed by atoms with van der Waals surface area (Å²) in [5.74, 6) is 1.08. The van der Waals surface area contributed by atoms with Crippen molar-refractivity contribution in [2.24, 2.45) is 5.73 Å². The van der Waals surface area contributed by atoms with Crippen molar-refractivity contribution in [2.45, 2.75) is 19.9 Å². The van der Waals surface area contributed by atoms with Gasteiger partial charge in [-0.1, -0.05) is 31.2 Å². The molecule has 0 saturated carbocycles. The lowest BCUT2D eigenvalue weighted by Gasteiger charge is -2.05. The molecule has 24 heavy (non-hydrogen) atoms. The molecule has 1 heterocycles. The number of primary amides is 1. The number of aromatic nitrogens is 2. The molecule has 1 aromatic heterocycles. The zero-order valence-electron chi connectivity index (χ0n) is 13.5. The van der Waals surface area contributed by atoms with Crippen molar-refractivity contribution in [3.63, 3.8) is 0 Å². The van der Waals surface area contributed by atoms with Gasteiger partial charge in [0.1, 0.15) is 11.3 Å². The van der Waals surface area contributed by atoms with Gasteiger partial charge in [0.2, 0.25) is 0 Å². The van der Waals surface area contributed by atoms with Crippen LogP contribution in [0.15, 0.2) is 42.5 Å². The lowest BCUT2D eigenvalue weighted by atomic mass is 10.1. The second-order valence-corrected chi connectivity index (χ2v) is 5.54. The Morgan fingerprint density at radius 1 is 1.29 bits per heavy atom. The van der Waals surface area contributed by atoms with Crippen LogP contribution in [0.5, 0.6) is 5.75 Å². The smallest absolute Gasteiger partial charge is 0.408 e. The molecule has 0 fully saturated rings. The van der Waals surface area contributed by atoms with Gasteiger partial charge in [0.15, 0.2) is 5.75 Å². The zero-order chi connectivity index (χ0) is 16.9. The first-order valence-corrected chi connectivity index (χ1v) is 7.93. The summed E-state index contributed by atoms with van der Waals surface area (Å²) < 4.78 is 5.01. The maximum absolute atomic E-state index is 11.0. The van der Waals surface area contributed by atoms with Gasteiger partial charge in [-0.25, -0.2) is 9.78 Å². The number of benzene rings is 2. The molecule has 0 aliphatic heterocycles. The molecule has 3 rings (SSSR count). The van der Waals surface area contributed by atoms with Gasteiger partial charge < -0.3 is 20.8 Å². The van der Waals surface area contributed by atoms with Crippen molar-refractivity contribution in [2.75, 3.05) is 6.54 Å². The molecule has 0 aliphatic carbocycles. The van der Waals surface area contributed by atoms with Gasteiger partial charge in [-0.15, -0.1) is 0 Å². The van der Waals surface area contributed by atoms with E-state index in [1.54, 1.807) is 12.1 Å². The van der Waals surface area contributed by atoms with Crippen LogP contribution in [0.1, 0.15) is 18.9 Å². The highest BCUT2D eigenvalue weighted by Crippen LogP contribution is 2.27. The number of nitrogens with two attached hydrogens (primary N) is 1. The standard InChI is InChI=1S/C18H20N4O2/c1-2-9-20-11-12-5-3-6-13(10-12)17-21-14-7-4-8-15(16(14)22-17)24-18(19)23/h3-8,10,20H,2,9,11H2,1H3,(H2,19,23)(H,21,22). The van der Waals surface area contributed by atoms with Crippen LogP contribution in [0, 0.1) is 0 Å². The minimum atomic E-state index is -0.851. The van der Waals surface area contributed by atoms with E-state index in [1.165, 1.54) is 5.56 Å². The Bertz CT molecular complexity index is 857. The highest BCUT2D eigenvalue weighted by molar-refractivity contribution is 5.87. The van der Waals surface area contributed by atoms with Gasteiger partial charge in [0, 0.05) is 12.1 Å². The van der Waals surface area contributed by atoms with E-state index in [-0.39, 0.29) is 0 Å². The van der Waals surface area contributed by atoms with Crippen molar-refractivity contribution in [3.05, 3.63) is 48.0 Å². The molecule has 0 bridgehead atoms. The fourth-order valence-electron chi connectivity index (χ4n) is 2.57. The third kappa shape index (κ3) is 3.55. The molecule has 0 unspecified atom stereocenters. The molecule has 2 aromatic carbocycles. The molecule has 0 spiro atoms. The topological polar surface area (TPSA) is 93.0 Å². The Labute approximate surface area is 140 Å². The monoisotopic (exact) mass is 324 g/mol. The largest absolute Gasteiger partial charge is 0.410 e. The van der Waals surface area contributed by atoms with Crippen LogP contribution in [-0.2, 0) is 6.54 Å². The number of amides is 1. The highest BCUT2D eigenvalue weighted by Gasteiger charge is 2.11. The summed E-state index contributed by atoms with van der Waals surface area (Å²) in [6.07, 6.45) is 0.252. The van der Waals surface area contributed by atoms with Crippen molar-refractivity contribution in [1.82, 2.24) is 15.3 Å². The number of H-pyrrole nitrogens is 1. The van der Waals surface area contributed by atoms with E-state index in [1.807, 2.05) is 18.2 Å². The van der Waals surface area contributed by atoms with E-state index >= 15 is 0 Å². The van der Waals surface area contributed by atoms with Gasteiger partial charge in [-0.3, -0.25) is 0 Å². The summed E-state index contributed by atoms with van der Waals surface area (Å²) in [5.41, 5.74) is 8.65. The fourth-order valence-corrected chi connectivity index (χ4v) is 2.57. The number of ether oxygens (including phenoxy) is 1. The van der Waals surface area contributed by atoms with E-state index in [0.717, 1.165) is 36.4 Å². The minimum Gasteiger partial charge on any atom is -0.408 e. The van der Waals surface area contributed by atoms with Crippen molar-refractivity contribution < 1.29 is 9.53 Å². The summed E-state index contributed by atoms with van der Waals surface area (Å²) >= 11 is 0. The summed E-state index contributed by atoms with van der Waals surface area (Å²) in [5, 5.41) is 3.39. The molecule has 0 radical (unpaired) electrons. The van der Waals surface area contributed by atoms with E-state index in [4.69, 9.17) is 10.5 Å². The number of nitrogens with zero attached hydrogens (tertiary/aromatic N) is 1. The Morgan fingerprint density at radius 3 is 2.92 bits per heavy atom. The SMILES string of the molecule is CCCNCc1cccc(-c2nc3c(OC(N)=O)cccc3[nH]2)c1. The molecule has 6 heteroatoms. The summed E-state index contributed by atoms with van der Waals surface area (Å²) in [7, 11) is 0. The second kappa shape index (κ2) is 7.14. The lowest BCUT2D eigenvalue weighted by Crippen LogP contribution is -2.16. The van der Waals surface area contributed by atoms with E-state index < -0.39 is 6.09 Å². The number of rotatable bonds is 6. The normalized spacial score (nSPS) is 10.9. The molecule has 0 saturated heterocycles. The quantitative estimate of drug-likeness (QED) is 0.607. The Kier molecular flexibility index (Phi) is 4.77. The highest BCUT2D eigenvalue weighted by atomic mass is 16.5. The van der Waals surface area contributed by atoms with Gasteiger partial charge >= 0.3 is 6.09 Å². The first-order chi connectivity index (χ1) is 11.7. The number of nitrogens with one attached hydrogen (secondary N) is 2. The number of hydrogen-bond donors (Lipinski definition) is 3.